The molecule has 0 amide bonds. The number of nitrogens with two attached hydrogens (primary N) is 1. The summed E-state index contributed by atoms with van der Waals surface area (Å²) in [5.41, 5.74) is 5.06. The number of ether oxygens (including phenoxy) is 1. The van der Waals surface area contributed by atoms with Gasteiger partial charge in [0, 0.05) is 19.6 Å². The first-order valence-corrected chi connectivity index (χ1v) is 7.28. The van der Waals surface area contributed by atoms with Crippen LogP contribution in [0, 0.1) is 0 Å². The van der Waals surface area contributed by atoms with Crippen molar-refractivity contribution in [1.82, 2.24) is 15.0 Å². The van der Waals surface area contributed by atoms with E-state index in [2.05, 4.69) is 35.1 Å². The van der Waals surface area contributed by atoms with Crippen molar-refractivity contribution in [2.24, 2.45) is 5.84 Å². The normalized spacial score (nSPS) is 12.9. The van der Waals surface area contributed by atoms with E-state index in [-0.39, 0.29) is 6.04 Å². The van der Waals surface area contributed by atoms with Crippen molar-refractivity contribution >= 4 is 11.0 Å². The summed E-state index contributed by atoms with van der Waals surface area (Å²) in [4.78, 5) is 4.74. The van der Waals surface area contributed by atoms with E-state index < -0.39 is 0 Å². The number of aromatic nitrogens is 2. The van der Waals surface area contributed by atoms with Gasteiger partial charge in [-0.3, -0.25) is 11.3 Å². The van der Waals surface area contributed by atoms with Crippen molar-refractivity contribution in [3.63, 3.8) is 0 Å². The smallest absolute Gasteiger partial charge is 0.111 e. The van der Waals surface area contributed by atoms with Crippen molar-refractivity contribution in [3.05, 3.63) is 30.1 Å². The number of imidazole rings is 1. The maximum atomic E-state index is 5.61. The number of para-hydroxylation sites is 2. The Morgan fingerprint density at radius 1 is 1.35 bits per heavy atom. The van der Waals surface area contributed by atoms with E-state index in [1.54, 1.807) is 0 Å². The molecule has 5 nitrogen and oxygen atoms in total. The number of nitrogens with one attached hydrogen (secondary N) is 1. The van der Waals surface area contributed by atoms with Gasteiger partial charge >= 0.3 is 0 Å². The minimum Gasteiger partial charge on any atom is -0.380 e. The Hall–Kier alpha value is -1.43. The van der Waals surface area contributed by atoms with E-state index >= 15 is 0 Å². The van der Waals surface area contributed by atoms with Crippen LogP contribution in [0.2, 0.25) is 0 Å². The molecule has 1 heterocycles. The Kier molecular flexibility index (Phi) is 5.52. The fourth-order valence-corrected chi connectivity index (χ4v) is 2.40. The first kappa shape index (κ1) is 15.0. The predicted octanol–water partition coefficient (Wildman–Crippen LogP) is 1.86. The lowest BCUT2D eigenvalue weighted by Crippen LogP contribution is -2.41. The monoisotopic (exact) mass is 276 g/mol. The number of rotatable bonds is 8. The Bertz CT molecular complexity index is 538. The number of aryl methyl sites for hydroxylation is 1. The van der Waals surface area contributed by atoms with Crippen molar-refractivity contribution in [1.29, 1.82) is 0 Å². The summed E-state index contributed by atoms with van der Waals surface area (Å²) in [6.07, 6.45) is 1.85. The standard InChI is InChI=1S/C15H24N4O/c1-3-9-19-14-8-6-5-7-13(14)17-15(19)10-12(18-16)11-20-4-2/h5-8,12,18H,3-4,9-11,16H2,1-2H3. The van der Waals surface area contributed by atoms with Crippen LogP contribution in [-0.2, 0) is 17.7 Å². The fourth-order valence-electron chi connectivity index (χ4n) is 2.40. The summed E-state index contributed by atoms with van der Waals surface area (Å²) in [5, 5.41) is 0. The molecule has 0 radical (unpaired) electrons. The molecule has 1 atom stereocenters. The Balaban J connectivity index is 2.25. The summed E-state index contributed by atoms with van der Waals surface area (Å²) in [6.45, 7) is 6.44. The molecular weight excluding hydrogens is 252 g/mol. The highest BCUT2D eigenvalue weighted by molar-refractivity contribution is 5.75. The molecule has 2 aromatic rings. The Morgan fingerprint density at radius 2 is 2.15 bits per heavy atom. The molecule has 20 heavy (non-hydrogen) atoms. The maximum Gasteiger partial charge on any atom is 0.111 e. The van der Waals surface area contributed by atoms with Gasteiger partial charge in [0.2, 0.25) is 0 Å². The largest absolute Gasteiger partial charge is 0.380 e. The number of hydrogen-bond donors (Lipinski definition) is 2. The molecule has 1 aromatic carbocycles. The second-order valence-corrected chi connectivity index (χ2v) is 4.90. The minimum absolute atomic E-state index is 0.0855. The van der Waals surface area contributed by atoms with Crippen LogP contribution < -0.4 is 11.3 Å². The number of nitrogens with zero attached hydrogens (tertiary/aromatic N) is 2. The number of hydrazine groups is 1. The van der Waals surface area contributed by atoms with Crippen LogP contribution >= 0.6 is 0 Å². The van der Waals surface area contributed by atoms with Crippen LogP contribution in [-0.4, -0.2) is 28.8 Å². The second kappa shape index (κ2) is 7.38. The Morgan fingerprint density at radius 3 is 2.85 bits per heavy atom. The third-order valence-electron chi connectivity index (χ3n) is 3.37. The SMILES string of the molecule is CCCn1c(CC(COCC)NN)nc2ccccc21. The fraction of sp³-hybridized carbons (Fsp3) is 0.533. The molecule has 0 fully saturated rings. The minimum atomic E-state index is 0.0855. The lowest BCUT2D eigenvalue weighted by Gasteiger charge is -2.16. The van der Waals surface area contributed by atoms with Crippen LogP contribution in [0.4, 0.5) is 0 Å². The third-order valence-corrected chi connectivity index (χ3v) is 3.37. The summed E-state index contributed by atoms with van der Waals surface area (Å²) >= 11 is 0. The van der Waals surface area contributed by atoms with Gasteiger partial charge in [0.25, 0.3) is 0 Å². The first-order valence-electron chi connectivity index (χ1n) is 7.28. The van der Waals surface area contributed by atoms with Crippen LogP contribution in [0.25, 0.3) is 11.0 Å². The maximum absolute atomic E-state index is 5.61. The molecule has 1 aromatic heterocycles. The summed E-state index contributed by atoms with van der Waals surface area (Å²) in [6, 6.07) is 8.34. The predicted molar refractivity (Wildman–Crippen MR) is 81.3 cm³/mol. The molecule has 0 spiro atoms. The topological polar surface area (TPSA) is 65.1 Å². The zero-order valence-electron chi connectivity index (χ0n) is 12.3. The molecule has 110 valence electrons. The molecule has 0 saturated heterocycles. The second-order valence-electron chi connectivity index (χ2n) is 4.90. The van der Waals surface area contributed by atoms with Crippen molar-refractivity contribution in [2.45, 2.75) is 39.3 Å². The Labute approximate surface area is 120 Å². The molecule has 0 saturated carbocycles. The lowest BCUT2D eigenvalue weighted by molar-refractivity contribution is 0.122. The lowest BCUT2D eigenvalue weighted by atomic mass is 10.2. The highest BCUT2D eigenvalue weighted by Gasteiger charge is 2.15. The summed E-state index contributed by atoms with van der Waals surface area (Å²) in [7, 11) is 0. The quantitative estimate of drug-likeness (QED) is 0.570. The van der Waals surface area contributed by atoms with Gasteiger partial charge in [-0.25, -0.2) is 4.98 Å². The van der Waals surface area contributed by atoms with Gasteiger partial charge in [0.1, 0.15) is 5.82 Å². The van der Waals surface area contributed by atoms with Crippen LogP contribution in [0.1, 0.15) is 26.1 Å². The molecular formula is C15H24N4O. The molecule has 0 aliphatic rings. The molecule has 1 unspecified atom stereocenters. The van der Waals surface area contributed by atoms with Crippen LogP contribution in [0.15, 0.2) is 24.3 Å². The van der Waals surface area contributed by atoms with Crippen LogP contribution in [0.3, 0.4) is 0 Å². The van der Waals surface area contributed by atoms with Gasteiger partial charge in [0.05, 0.1) is 23.7 Å². The van der Waals surface area contributed by atoms with E-state index in [4.69, 9.17) is 15.6 Å². The average molecular weight is 276 g/mol. The molecule has 0 bridgehead atoms. The molecule has 0 aliphatic heterocycles. The van der Waals surface area contributed by atoms with E-state index in [1.165, 1.54) is 5.52 Å². The van der Waals surface area contributed by atoms with E-state index in [9.17, 15) is 0 Å². The highest BCUT2D eigenvalue weighted by atomic mass is 16.5. The average Bonchev–Trinajstić information content (AvgIpc) is 2.82. The van der Waals surface area contributed by atoms with E-state index in [0.29, 0.717) is 13.2 Å². The number of hydrogen-bond acceptors (Lipinski definition) is 4. The molecule has 3 N–H and O–H groups in total. The number of fused-ring (bicyclic) bond motifs is 1. The van der Waals surface area contributed by atoms with Crippen molar-refractivity contribution < 1.29 is 4.74 Å². The highest BCUT2D eigenvalue weighted by Crippen LogP contribution is 2.17. The number of benzene rings is 1. The van der Waals surface area contributed by atoms with Gasteiger partial charge in [-0.2, -0.15) is 0 Å². The van der Waals surface area contributed by atoms with E-state index in [0.717, 1.165) is 30.7 Å². The van der Waals surface area contributed by atoms with Crippen LogP contribution in [0.5, 0.6) is 0 Å². The van der Waals surface area contributed by atoms with Gasteiger partial charge in [-0.05, 0) is 25.5 Å². The van der Waals surface area contributed by atoms with Gasteiger partial charge in [0.15, 0.2) is 0 Å². The molecule has 0 aliphatic carbocycles. The van der Waals surface area contributed by atoms with Gasteiger partial charge < -0.3 is 9.30 Å². The summed E-state index contributed by atoms with van der Waals surface area (Å²) < 4.78 is 7.74. The molecule has 5 heteroatoms. The first-order chi connectivity index (χ1) is 9.80. The summed E-state index contributed by atoms with van der Waals surface area (Å²) in [5.74, 6) is 6.68. The van der Waals surface area contributed by atoms with E-state index in [1.807, 2.05) is 13.0 Å². The van der Waals surface area contributed by atoms with Gasteiger partial charge in [-0.1, -0.05) is 19.1 Å². The third kappa shape index (κ3) is 3.36. The zero-order valence-corrected chi connectivity index (χ0v) is 12.3. The molecule has 2 rings (SSSR count). The van der Waals surface area contributed by atoms with Crippen molar-refractivity contribution in [2.75, 3.05) is 13.2 Å². The van der Waals surface area contributed by atoms with Crippen molar-refractivity contribution in [3.8, 4) is 0 Å². The zero-order chi connectivity index (χ0) is 14.4. The van der Waals surface area contributed by atoms with Gasteiger partial charge in [-0.15, -0.1) is 0 Å².